The second kappa shape index (κ2) is 9.22. The van der Waals surface area contributed by atoms with Crippen molar-refractivity contribution in [3.63, 3.8) is 0 Å². The minimum Gasteiger partial charge on any atom is -0.462 e. The van der Waals surface area contributed by atoms with Crippen LogP contribution in [0.15, 0.2) is 76.1 Å². The minimum atomic E-state index is -0.601. The van der Waals surface area contributed by atoms with Crippen molar-refractivity contribution in [3.8, 4) is 28.7 Å². The molecule has 1 aliphatic heterocycles. The quantitative estimate of drug-likeness (QED) is 0.290. The van der Waals surface area contributed by atoms with Gasteiger partial charge in [-0.3, -0.25) is 4.79 Å². The van der Waals surface area contributed by atoms with Gasteiger partial charge in [-0.15, -0.1) is 0 Å². The molecule has 9 nitrogen and oxygen atoms in total. The van der Waals surface area contributed by atoms with E-state index in [0.29, 0.717) is 22.8 Å². The first-order valence-corrected chi connectivity index (χ1v) is 10.6. The molecule has 4 aromatic rings. The standard InChI is InChI=1S/C26H18O9/c1-2-30-25(28)15-3-6-17(7-4-15)34-23-13-31-21-12-18(8-9-19(21)24(23)27)35-26(29)16-5-10-20-22(11-16)33-14-32-20/h3-13H,2,14H2,1H3. The van der Waals surface area contributed by atoms with Crippen molar-refractivity contribution >= 4 is 22.9 Å². The van der Waals surface area contributed by atoms with Crippen LogP contribution >= 0.6 is 0 Å². The molecule has 176 valence electrons. The Morgan fingerprint density at radius 1 is 0.857 bits per heavy atom. The van der Waals surface area contributed by atoms with Crippen molar-refractivity contribution < 1.29 is 37.7 Å². The summed E-state index contributed by atoms with van der Waals surface area (Å²) in [6.45, 7) is 2.09. The topological polar surface area (TPSA) is 110 Å². The van der Waals surface area contributed by atoms with E-state index in [0.717, 1.165) is 0 Å². The zero-order valence-corrected chi connectivity index (χ0v) is 18.4. The van der Waals surface area contributed by atoms with E-state index in [4.69, 9.17) is 28.1 Å². The fourth-order valence-electron chi connectivity index (χ4n) is 3.41. The highest BCUT2D eigenvalue weighted by Crippen LogP contribution is 2.33. The number of hydrogen-bond acceptors (Lipinski definition) is 9. The molecular weight excluding hydrogens is 456 g/mol. The Morgan fingerprint density at radius 3 is 2.40 bits per heavy atom. The SMILES string of the molecule is CCOC(=O)c1ccc(Oc2coc3cc(OC(=O)c4ccc5c(c4)OCO5)ccc3c2=O)cc1. The average Bonchev–Trinajstić information content (AvgIpc) is 3.34. The van der Waals surface area contributed by atoms with Gasteiger partial charge in [-0.1, -0.05) is 0 Å². The number of carbonyl (C=O) groups is 2. The van der Waals surface area contributed by atoms with E-state index in [2.05, 4.69) is 0 Å². The third-order valence-electron chi connectivity index (χ3n) is 5.13. The molecule has 1 aromatic heterocycles. The fraction of sp³-hybridized carbons (Fsp3) is 0.115. The van der Waals surface area contributed by atoms with Crippen LogP contribution in [0.2, 0.25) is 0 Å². The molecule has 0 saturated carbocycles. The molecule has 0 saturated heterocycles. The third-order valence-corrected chi connectivity index (χ3v) is 5.13. The molecule has 9 heteroatoms. The first-order chi connectivity index (χ1) is 17.0. The van der Waals surface area contributed by atoms with Crippen LogP contribution in [-0.4, -0.2) is 25.3 Å². The molecule has 2 heterocycles. The van der Waals surface area contributed by atoms with E-state index in [1.54, 1.807) is 31.2 Å². The van der Waals surface area contributed by atoms with Crippen LogP contribution < -0.4 is 24.4 Å². The normalized spacial score (nSPS) is 11.8. The fourth-order valence-corrected chi connectivity index (χ4v) is 3.41. The summed E-state index contributed by atoms with van der Waals surface area (Å²) in [7, 11) is 0. The van der Waals surface area contributed by atoms with Crippen LogP contribution in [0.3, 0.4) is 0 Å². The molecule has 0 spiro atoms. The first-order valence-electron chi connectivity index (χ1n) is 10.6. The summed E-state index contributed by atoms with van der Waals surface area (Å²) < 4.78 is 32.1. The summed E-state index contributed by atoms with van der Waals surface area (Å²) >= 11 is 0. The summed E-state index contributed by atoms with van der Waals surface area (Å²) in [4.78, 5) is 37.1. The van der Waals surface area contributed by atoms with Gasteiger partial charge in [0.25, 0.3) is 0 Å². The van der Waals surface area contributed by atoms with Crippen LogP contribution in [0.5, 0.6) is 28.7 Å². The Balaban J connectivity index is 1.32. The van der Waals surface area contributed by atoms with E-state index in [1.165, 1.54) is 42.7 Å². The van der Waals surface area contributed by atoms with Gasteiger partial charge in [0.2, 0.25) is 18.0 Å². The van der Waals surface area contributed by atoms with E-state index < -0.39 is 17.4 Å². The van der Waals surface area contributed by atoms with Crippen LogP contribution in [0.1, 0.15) is 27.6 Å². The lowest BCUT2D eigenvalue weighted by Gasteiger charge is -2.08. The second-order valence-corrected chi connectivity index (χ2v) is 7.39. The van der Waals surface area contributed by atoms with Crippen molar-refractivity contribution in [1.29, 1.82) is 0 Å². The lowest BCUT2D eigenvalue weighted by Crippen LogP contribution is -2.09. The predicted octanol–water partition coefficient (Wildman–Crippen LogP) is 4.71. The van der Waals surface area contributed by atoms with Gasteiger partial charge < -0.3 is 28.1 Å². The molecule has 3 aromatic carbocycles. The third kappa shape index (κ3) is 4.51. The van der Waals surface area contributed by atoms with Gasteiger partial charge in [0.15, 0.2) is 11.5 Å². The van der Waals surface area contributed by atoms with Gasteiger partial charge in [-0.2, -0.15) is 0 Å². The van der Waals surface area contributed by atoms with Crippen LogP contribution in [-0.2, 0) is 4.74 Å². The van der Waals surface area contributed by atoms with Gasteiger partial charge in [0.05, 0.1) is 23.1 Å². The van der Waals surface area contributed by atoms with Crippen molar-refractivity contribution in [1.82, 2.24) is 0 Å². The summed E-state index contributed by atoms with van der Waals surface area (Å²) in [6, 6.07) is 15.3. The first kappa shape index (κ1) is 22.0. The Labute approximate surface area is 198 Å². The molecule has 0 bridgehead atoms. The van der Waals surface area contributed by atoms with Crippen molar-refractivity contribution in [3.05, 3.63) is 88.3 Å². The number of benzene rings is 3. The molecule has 35 heavy (non-hydrogen) atoms. The Bertz CT molecular complexity index is 1490. The van der Waals surface area contributed by atoms with Gasteiger partial charge in [0, 0.05) is 6.07 Å². The molecule has 5 rings (SSSR count). The number of ether oxygens (including phenoxy) is 5. The van der Waals surface area contributed by atoms with E-state index in [-0.39, 0.29) is 41.4 Å². The maximum absolute atomic E-state index is 12.9. The summed E-state index contributed by atoms with van der Waals surface area (Å²) in [6.07, 6.45) is 1.17. The zero-order chi connectivity index (χ0) is 24.4. The predicted molar refractivity (Wildman–Crippen MR) is 122 cm³/mol. The molecule has 0 N–H and O–H groups in total. The van der Waals surface area contributed by atoms with E-state index in [9.17, 15) is 14.4 Å². The van der Waals surface area contributed by atoms with E-state index >= 15 is 0 Å². The van der Waals surface area contributed by atoms with Crippen molar-refractivity contribution in [2.75, 3.05) is 13.4 Å². The maximum atomic E-state index is 12.9. The van der Waals surface area contributed by atoms with Crippen molar-refractivity contribution in [2.24, 2.45) is 0 Å². The minimum absolute atomic E-state index is 0.0357. The summed E-state index contributed by atoms with van der Waals surface area (Å²) in [5.41, 5.74) is 0.464. The maximum Gasteiger partial charge on any atom is 0.343 e. The Hall–Kier alpha value is -4.79. The molecule has 0 amide bonds. The smallest absolute Gasteiger partial charge is 0.343 e. The monoisotopic (exact) mass is 474 g/mol. The van der Waals surface area contributed by atoms with Crippen LogP contribution in [0, 0.1) is 0 Å². The van der Waals surface area contributed by atoms with Gasteiger partial charge in [-0.05, 0) is 61.5 Å². The second-order valence-electron chi connectivity index (χ2n) is 7.39. The molecule has 0 atom stereocenters. The molecule has 0 aliphatic carbocycles. The molecule has 0 unspecified atom stereocenters. The van der Waals surface area contributed by atoms with Crippen LogP contribution in [0.25, 0.3) is 11.0 Å². The molecule has 1 aliphatic rings. The lowest BCUT2D eigenvalue weighted by molar-refractivity contribution is 0.0526. The van der Waals surface area contributed by atoms with E-state index in [1.807, 2.05) is 0 Å². The largest absolute Gasteiger partial charge is 0.462 e. The molecule has 0 radical (unpaired) electrons. The highest BCUT2D eigenvalue weighted by atomic mass is 16.7. The van der Waals surface area contributed by atoms with Crippen LogP contribution in [0.4, 0.5) is 0 Å². The zero-order valence-electron chi connectivity index (χ0n) is 18.4. The number of rotatable bonds is 6. The summed E-state index contributed by atoms with van der Waals surface area (Å²) in [5, 5.41) is 0.244. The number of hydrogen-bond donors (Lipinski definition) is 0. The molecular formula is C26H18O9. The number of fused-ring (bicyclic) bond motifs is 2. The van der Waals surface area contributed by atoms with Gasteiger partial charge >= 0.3 is 11.9 Å². The highest BCUT2D eigenvalue weighted by molar-refractivity contribution is 5.92. The number of carbonyl (C=O) groups excluding carboxylic acids is 2. The van der Waals surface area contributed by atoms with Gasteiger partial charge in [0.1, 0.15) is 23.3 Å². The van der Waals surface area contributed by atoms with Gasteiger partial charge in [-0.25, -0.2) is 9.59 Å². The Kier molecular flexibility index (Phi) is 5.80. The lowest BCUT2D eigenvalue weighted by atomic mass is 10.2. The highest BCUT2D eigenvalue weighted by Gasteiger charge is 2.18. The van der Waals surface area contributed by atoms with Crippen molar-refractivity contribution in [2.45, 2.75) is 6.92 Å². The summed E-state index contributed by atoms with van der Waals surface area (Å²) in [5.74, 6) is 0.488. The average molecular weight is 474 g/mol. The number of esters is 2. The Morgan fingerprint density at radius 2 is 1.60 bits per heavy atom. The molecule has 0 fully saturated rings.